The number of nitrogens with one attached hydrogen (secondary N) is 2. The summed E-state index contributed by atoms with van der Waals surface area (Å²) in [6, 6.07) is 8.76. The molecule has 0 aliphatic rings. The molecule has 5 nitrogen and oxygen atoms in total. The summed E-state index contributed by atoms with van der Waals surface area (Å²) in [7, 11) is 0. The fraction of sp³-hybridized carbons (Fsp3) is 0.133. The van der Waals surface area contributed by atoms with Crippen molar-refractivity contribution in [3.63, 3.8) is 0 Å². The van der Waals surface area contributed by atoms with Gasteiger partial charge in [0.25, 0.3) is 5.91 Å². The topological polar surface area (TPSA) is 70.7 Å². The molecule has 0 fully saturated rings. The van der Waals surface area contributed by atoms with Crippen LogP contribution in [0, 0.1) is 0 Å². The second kappa shape index (κ2) is 5.54. The minimum absolute atomic E-state index is 0.209. The first-order valence-corrected chi connectivity index (χ1v) is 6.88. The van der Waals surface area contributed by atoms with Gasteiger partial charge in [-0.05, 0) is 19.1 Å². The Morgan fingerprint density at radius 2 is 2.19 bits per heavy atom. The third kappa shape index (κ3) is 2.73. The SMILES string of the molecule is CC(NC(=O)c1cc(Cl)nc2ccccc12)c1ncc[nH]1. The lowest BCUT2D eigenvalue weighted by Crippen LogP contribution is -2.27. The van der Waals surface area contributed by atoms with Crippen molar-refractivity contribution in [3.8, 4) is 0 Å². The summed E-state index contributed by atoms with van der Waals surface area (Å²) >= 11 is 5.99. The van der Waals surface area contributed by atoms with E-state index in [1.165, 1.54) is 0 Å². The van der Waals surface area contributed by atoms with Crippen molar-refractivity contribution >= 4 is 28.4 Å². The van der Waals surface area contributed by atoms with Crippen LogP contribution in [0.2, 0.25) is 5.15 Å². The molecule has 1 atom stereocenters. The van der Waals surface area contributed by atoms with Gasteiger partial charge in [0.05, 0.1) is 17.1 Å². The Bertz CT molecular complexity index is 785. The molecule has 2 aromatic heterocycles. The van der Waals surface area contributed by atoms with Crippen molar-refractivity contribution in [1.29, 1.82) is 0 Å². The van der Waals surface area contributed by atoms with Gasteiger partial charge in [-0.1, -0.05) is 29.8 Å². The van der Waals surface area contributed by atoms with E-state index in [-0.39, 0.29) is 11.9 Å². The molecule has 0 aliphatic heterocycles. The van der Waals surface area contributed by atoms with Crippen molar-refractivity contribution in [2.24, 2.45) is 0 Å². The van der Waals surface area contributed by atoms with Gasteiger partial charge in [0.1, 0.15) is 11.0 Å². The number of nitrogens with zero attached hydrogens (tertiary/aromatic N) is 2. The monoisotopic (exact) mass is 300 g/mol. The minimum atomic E-state index is -0.224. The standard InChI is InChI=1S/C15H13ClN4O/c1-9(14-17-6-7-18-14)19-15(21)11-8-13(16)20-12-5-3-2-4-10(11)12/h2-9H,1H3,(H,17,18)(H,19,21). The lowest BCUT2D eigenvalue weighted by Gasteiger charge is -2.13. The highest BCUT2D eigenvalue weighted by atomic mass is 35.5. The Hall–Kier alpha value is -2.40. The van der Waals surface area contributed by atoms with Crippen molar-refractivity contribution < 1.29 is 4.79 Å². The van der Waals surface area contributed by atoms with Gasteiger partial charge in [-0.25, -0.2) is 9.97 Å². The number of aromatic nitrogens is 3. The zero-order chi connectivity index (χ0) is 14.8. The predicted molar refractivity (Wildman–Crippen MR) is 81.2 cm³/mol. The van der Waals surface area contributed by atoms with Crippen LogP contribution in [-0.2, 0) is 0 Å². The Balaban J connectivity index is 1.94. The molecule has 0 bridgehead atoms. The molecule has 0 radical (unpaired) electrons. The molecule has 6 heteroatoms. The number of fused-ring (bicyclic) bond motifs is 1. The quantitative estimate of drug-likeness (QED) is 0.730. The van der Waals surface area contributed by atoms with Gasteiger partial charge in [-0.15, -0.1) is 0 Å². The first-order chi connectivity index (χ1) is 10.1. The summed E-state index contributed by atoms with van der Waals surface area (Å²) in [4.78, 5) is 23.8. The number of halogens is 1. The average molecular weight is 301 g/mol. The number of hydrogen-bond donors (Lipinski definition) is 2. The third-order valence-corrected chi connectivity index (χ3v) is 3.40. The van der Waals surface area contributed by atoms with Crippen LogP contribution in [-0.4, -0.2) is 20.9 Å². The van der Waals surface area contributed by atoms with Crippen molar-refractivity contribution in [2.45, 2.75) is 13.0 Å². The van der Waals surface area contributed by atoms with Crippen LogP contribution in [0.3, 0.4) is 0 Å². The maximum Gasteiger partial charge on any atom is 0.252 e. The molecule has 2 N–H and O–H groups in total. The van der Waals surface area contributed by atoms with Gasteiger partial charge in [-0.2, -0.15) is 0 Å². The van der Waals surface area contributed by atoms with Crippen LogP contribution in [0.25, 0.3) is 10.9 Å². The highest BCUT2D eigenvalue weighted by Crippen LogP contribution is 2.21. The molecular weight excluding hydrogens is 288 g/mol. The van der Waals surface area contributed by atoms with Gasteiger partial charge in [0.15, 0.2) is 0 Å². The fourth-order valence-corrected chi connectivity index (χ4v) is 2.39. The van der Waals surface area contributed by atoms with Gasteiger partial charge in [0, 0.05) is 17.8 Å². The van der Waals surface area contributed by atoms with E-state index in [1.54, 1.807) is 18.5 Å². The molecule has 21 heavy (non-hydrogen) atoms. The van der Waals surface area contributed by atoms with Crippen molar-refractivity contribution in [2.75, 3.05) is 0 Å². The molecular formula is C15H13ClN4O. The van der Waals surface area contributed by atoms with E-state index >= 15 is 0 Å². The van der Waals surface area contributed by atoms with E-state index in [4.69, 9.17) is 11.6 Å². The molecule has 1 amide bonds. The maximum atomic E-state index is 12.5. The summed E-state index contributed by atoms with van der Waals surface area (Å²) in [6.45, 7) is 1.86. The Kier molecular flexibility index (Phi) is 3.58. The van der Waals surface area contributed by atoms with Gasteiger partial charge in [-0.3, -0.25) is 4.79 Å². The number of carbonyl (C=O) groups excluding carboxylic acids is 1. The van der Waals surface area contributed by atoms with Gasteiger partial charge >= 0.3 is 0 Å². The maximum absolute atomic E-state index is 12.5. The van der Waals surface area contributed by atoms with Gasteiger partial charge < -0.3 is 10.3 Å². The molecule has 0 aliphatic carbocycles. The summed E-state index contributed by atoms with van der Waals surface area (Å²) in [5, 5.41) is 3.96. The summed E-state index contributed by atoms with van der Waals surface area (Å²) in [5.41, 5.74) is 1.20. The number of benzene rings is 1. The molecule has 1 aromatic carbocycles. The smallest absolute Gasteiger partial charge is 0.252 e. The number of rotatable bonds is 3. The number of H-pyrrole nitrogens is 1. The lowest BCUT2D eigenvalue weighted by molar-refractivity contribution is 0.0940. The fourth-order valence-electron chi connectivity index (χ4n) is 2.19. The zero-order valence-corrected chi connectivity index (χ0v) is 12.1. The lowest BCUT2D eigenvalue weighted by atomic mass is 10.1. The molecule has 1 unspecified atom stereocenters. The number of carbonyl (C=O) groups is 1. The average Bonchev–Trinajstić information content (AvgIpc) is 3.00. The highest BCUT2D eigenvalue weighted by Gasteiger charge is 2.16. The molecule has 106 valence electrons. The largest absolute Gasteiger partial charge is 0.347 e. The molecule has 2 heterocycles. The predicted octanol–water partition coefficient (Wildman–Crippen LogP) is 3.10. The molecule has 0 saturated carbocycles. The zero-order valence-electron chi connectivity index (χ0n) is 11.3. The second-order valence-electron chi connectivity index (χ2n) is 4.68. The highest BCUT2D eigenvalue weighted by molar-refractivity contribution is 6.30. The van der Waals surface area contributed by atoms with Crippen molar-refractivity contribution in [1.82, 2.24) is 20.3 Å². The van der Waals surface area contributed by atoms with Gasteiger partial charge in [0.2, 0.25) is 0 Å². The van der Waals surface area contributed by atoms with Crippen LogP contribution >= 0.6 is 11.6 Å². The van der Waals surface area contributed by atoms with Crippen LogP contribution in [0.1, 0.15) is 29.1 Å². The Morgan fingerprint density at radius 3 is 2.95 bits per heavy atom. The van der Waals surface area contributed by atoms with E-state index in [0.717, 1.165) is 5.39 Å². The second-order valence-corrected chi connectivity index (χ2v) is 5.07. The molecule has 0 spiro atoms. The number of para-hydroxylation sites is 1. The molecule has 0 saturated heterocycles. The Morgan fingerprint density at radius 1 is 1.38 bits per heavy atom. The summed E-state index contributed by atoms with van der Waals surface area (Å²) < 4.78 is 0. The van der Waals surface area contributed by atoms with E-state index in [1.807, 2.05) is 31.2 Å². The summed E-state index contributed by atoms with van der Waals surface area (Å²) in [5.74, 6) is 0.493. The van der Waals surface area contributed by atoms with E-state index in [2.05, 4.69) is 20.3 Å². The number of hydrogen-bond acceptors (Lipinski definition) is 3. The normalized spacial score (nSPS) is 12.3. The van der Waals surface area contributed by atoms with E-state index in [0.29, 0.717) is 22.1 Å². The van der Waals surface area contributed by atoms with Crippen molar-refractivity contribution in [3.05, 3.63) is 59.3 Å². The minimum Gasteiger partial charge on any atom is -0.347 e. The van der Waals surface area contributed by atoms with Crippen LogP contribution in [0.5, 0.6) is 0 Å². The van der Waals surface area contributed by atoms with Crippen LogP contribution < -0.4 is 5.32 Å². The molecule has 3 aromatic rings. The first-order valence-electron chi connectivity index (χ1n) is 6.50. The number of aromatic amines is 1. The third-order valence-electron chi connectivity index (χ3n) is 3.21. The van der Waals surface area contributed by atoms with Crippen LogP contribution in [0.4, 0.5) is 0 Å². The number of imidazole rings is 1. The van der Waals surface area contributed by atoms with E-state index < -0.39 is 0 Å². The van der Waals surface area contributed by atoms with E-state index in [9.17, 15) is 4.79 Å². The first kappa shape index (κ1) is 13.6. The number of amides is 1. The number of pyridine rings is 1. The molecule has 3 rings (SSSR count). The Labute approximate surface area is 126 Å². The van der Waals surface area contributed by atoms with Crippen LogP contribution in [0.15, 0.2) is 42.7 Å². The summed E-state index contributed by atoms with van der Waals surface area (Å²) in [6.07, 6.45) is 3.37.